The van der Waals surface area contributed by atoms with Crippen molar-refractivity contribution in [1.82, 2.24) is 23.8 Å². The first-order chi connectivity index (χ1) is 12.7. The monoisotopic (exact) mass is 414 g/mol. The maximum Gasteiger partial charge on any atom is 0.294 e. The number of sulfonamides is 1. The molecular formula is C16H23ClN6O3S. The van der Waals surface area contributed by atoms with Crippen molar-refractivity contribution < 1.29 is 8.42 Å². The average Bonchev–Trinajstić information content (AvgIpc) is 2.60. The molecule has 1 N–H and O–H groups in total. The third-order valence-corrected chi connectivity index (χ3v) is 6.33. The molecule has 0 atom stereocenters. The number of piperidine rings is 1. The van der Waals surface area contributed by atoms with Crippen LogP contribution in [0, 0.1) is 12.8 Å². The molecule has 1 saturated heterocycles. The highest BCUT2D eigenvalue weighted by molar-refractivity contribution is 7.88. The largest absolute Gasteiger partial charge is 0.365 e. The van der Waals surface area contributed by atoms with Crippen LogP contribution in [0.15, 0.2) is 4.79 Å². The molecule has 0 radical (unpaired) electrons. The van der Waals surface area contributed by atoms with E-state index in [9.17, 15) is 13.2 Å². The fourth-order valence-electron chi connectivity index (χ4n) is 3.32. The SMILES string of the molecule is CCn1c(=O)c(NCC2CCN(S(C)(=O)=O)CC2)nc2c(C)nc(Cl)nc21. The van der Waals surface area contributed by atoms with E-state index >= 15 is 0 Å². The highest BCUT2D eigenvalue weighted by Crippen LogP contribution is 2.20. The van der Waals surface area contributed by atoms with Crippen LogP contribution in [-0.4, -0.2) is 58.1 Å². The molecule has 148 valence electrons. The molecule has 11 heteroatoms. The summed E-state index contributed by atoms with van der Waals surface area (Å²) in [5, 5.41) is 3.23. The summed E-state index contributed by atoms with van der Waals surface area (Å²) in [6.45, 7) is 5.63. The Bertz CT molecular complexity index is 1010. The van der Waals surface area contributed by atoms with E-state index in [2.05, 4.69) is 20.3 Å². The van der Waals surface area contributed by atoms with Crippen LogP contribution in [-0.2, 0) is 16.6 Å². The van der Waals surface area contributed by atoms with Crippen molar-refractivity contribution in [2.75, 3.05) is 31.2 Å². The summed E-state index contributed by atoms with van der Waals surface area (Å²) in [5.74, 6) is 0.529. The first kappa shape index (κ1) is 20.0. The Morgan fingerprint density at radius 3 is 2.48 bits per heavy atom. The van der Waals surface area contributed by atoms with Gasteiger partial charge >= 0.3 is 0 Å². The predicted octanol–water partition coefficient (Wildman–Crippen LogP) is 1.25. The molecule has 1 fully saturated rings. The predicted molar refractivity (Wildman–Crippen MR) is 105 cm³/mol. The third-order valence-electron chi connectivity index (χ3n) is 4.86. The van der Waals surface area contributed by atoms with Crippen molar-refractivity contribution in [2.24, 2.45) is 5.92 Å². The minimum absolute atomic E-state index is 0.0849. The third kappa shape index (κ3) is 4.22. The Hall–Kier alpha value is -1.78. The quantitative estimate of drug-likeness (QED) is 0.733. The molecule has 1 aliphatic rings. The fourth-order valence-corrected chi connectivity index (χ4v) is 4.40. The molecule has 0 aliphatic carbocycles. The van der Waals surface area contributed by atoms with Crippen LogP contribution in [0.3, 0.4) is 0 Å². The maximum absolute atomic E-state index is 12.7. The van der Waals surface area contributed by atoms with Crippen LogP contribution in [0.25, 0.3) is 11.2 Å². The molecule has 27 heavy (non-hydrogen) atoms. The van der Waals surface area contributed by atoms with E-state index in [4.69, 9.17) is 11.6 Å². The van der Waals surface area contributed by atoms with Crippen molar-refractivity contribution in [3.63, 3.8) is 0 Å². The zero-order valence-corrected chi connectivity index (χ0v) is 17.1. The zero-order chi connectivity index (χ0) is 19.8. The van der Waals surface area contributed by atoms with E-state index in [1.165, 1.54) is 15.1 Å². The van der Waals surface area contributed by atoms with E-state index in [-0.39, 0.29) is 22.6 Å². The van der Waals surface area contributed by atoms with E-state index in [0.29, 0.717) is 43.0 Å². The van der Waals surface area contributed by atoms with Gasteiger partial charge in [-0.15, -0.1) is 0 Å². The van der Waals surface area contributed by atoms with E-state index < -0.39 is 10.0 Å². The zero-order valence-electron chi connectivity index (χ0n) is 15.6. The normalized spacial score (nSPS) is 16.7. The minimum Gasteiger partial charge on any atom is -0.365 e. The molecule has 3 rings (SSSR count). The number of nitrogens with zero attached hydrogens (tertiary/aromatic N) is 5. The van der Waals surface area contributed by atoms with Gasteiger partial charge < -0.3 is 5.32 Å². The molecule has 0 spiro atoms. The van der Waals surface area contributed by atoms with Crippen molar-refractivity contribution >= 4 is 38.6 Å². The molecule has 2 aromatic rings. The van der Waals surface area contributed by atoms with Gasteiger partial charge in [0.1, 0.15) is 5.52 Å². The van der Waals surface area contributed by atoms with Crippen LogP contribution in [0.1, 0.15) is 25.5 Å². The highest BCUT2D eigenvalue weighted by atomic mass is 35.5. The highest BCUT2D eigenvalue weighted by Gasteiger charge is 2.25. The molecule has 2 aromatic heterocycles. The van der Waals surface area contributed by atoms with Gasteiger partial charge in [0.15, 0.2) is 11.5 Å². The maximum atomic E-state index is 12.7. The van der Waals surface area contributed by atoms with Crippen LogP contribution in [0.2, 0.25) is 5.28 Å². The summed E-state index contributed by atoms with van der Waals surface area (Å²) in [6.07, 6.45) is 2.72. The molecule has 3 heterocycles. The summed E-state index contributed by atoms with van der Waals surface area (Å²) in [5.41, 5.74) is 1.31. The Morgan fingerprint density at radius 1 is 1.22 bits per heavy atom. The lowest BCUT2D eigenvalue weighted by molar-refractivity contribution is 0.283. The van der Waals surface area contributed by atoms with Crippen molar-refractivity contribution in [3.8, 4) is 0 Å². The first-order valence-electron chi connectivity index (χ1n) is 8.84. The molecular weight excluding hydrogens is 392 g/mol. The summed E-state index contributed by atoms with van der Waals surface area (Å²) < 4.78 is 26.2. The first-order valence-corrected chi connectivity index (χ1v) is 11.1. The van der Waals surface area contributed by atoms with Crippen molar-refractivity contribution in [1.29, 1.82) is 0 Å². The summed E-state index contributed by atoms with van der Waals surface area (Å²) >= 11 is 5.92. The summed E-state index contributed by atoms with van der Waals surface area (Å²) in [7, 11) is -3.14. The van der Waals surface area contributed by atoms with Gasteiger partial charge in [0.05, 0.1) is 11.9 Å². The topological polar surface area (TPSA) is 110 Å². The number of halogens is 1. The second-order valence-corrected chi connectivity index (χ2v) is 9.07. The minimum atomic E-state index is -3.14. The van der Waals surface area contributed by atoms with Crippen LogP contribution in [0.5, 0.6) is 0 Å². The summed E-state index contributed by atoms with van der Waals surface area (Å²) in [6, 6.07) is 0. The Labute approximate surface area is 162 Å². The number of fused-ring (bicyclic) bond motifs is 1. The molecule has 0 amide bonds. The Morgan fingerprint density at radius 2 is 1.89 bits per heavy atom. The number of aromatic nitrogens is 4. The Balaban J connectivity index is 1.80. The molecule has 0 unspecified atom stereocenters. The molecule has 0 bridgehead atoms. The Kier molecular flexibility index (Phi) is 5.68. The van der Waals surface area contributed by atoms with Gasteiger partial charge in [0, 0.05) is 26.2 Å². The second-order valence-electron chi connectivity index (χ2n) is 6.75. The van der Waals surface area contributed by atoms with Gasteiger partial charge in [-0.3, -0.25) is 9.36 Å². The number of hydrogen-bond donors (Lipinski definition) is 1. The van der Waals surface area contributed by atoms with Gasteiger partial charge in [-0.25, -0.2) is 22.7 Å². The number of anilines is 1. The van der Waals surface area contributed by atoms with Crippen molar-refractivity contribution in [3.05, 3.63) is 21.3 Å². The van der Waals surface area contributed by atoms with E-state index in [1.54, 1.807) is 6.92 Å². The van der Waals surface area contributed by atoms with Gasteiger partial charge in [-0.05, 0) is 44.2 Å². The van der Waals surface area contributed by atoms with Gasteiger partial charge in [0.2, 0.25) is 15.3 Å². The van der Waals surface area contributed by atoms with E-state index in [1.807, 2.05) is 6.92 Å². The second kappa shape index (κ2) is 7.69. The molecule has 0 saturated carbocycles. The number of nitrogens with one attached hydrogen (secondary N) is 1. The lowest BCUT2D eigenvalue weighted by Crippen LogP contribution is -2.39. The number of rotatable bonds is 5. The number of aryl methyl sites for hydroxylation is 2. The lowest BCUT2D eigenvalue weighted by Gasteiger charge is -2.30. The van der Waals surface area contributed by atoms with Gasteiger partial charge in [-0.1, -0.05) is 0 Å². The molecule has 9 nitrogen and oxygen atoms in total. The fraction of sp³-hybridized carbons (Fsp3) is 0.625. The molecule has 1 aliphatic heterocycles. The van der Waals surface area contributed by atoms with Crippen LogP contribution >= 0.6 is 11.6 Å². The van der Waals surface area contributed by atoms with Crippen LogP contribution < -0.4 is 10.9 Å². The molecule has 0 aromatic carbocycles. The standard InChI is InChI=1S/C16H23ClN6O3S/c1-4-23-14-12(10(2)19-16(17)21-14)20-13(15(23)24)18-9-11-5-7-22(8-6-11)27(3,25)26/h11H,4-9H2,1-3H3,(H,18,20). The average molecular weight is 415 g/mol. The van der Waals surface area contributed by atoms with E-state index in [0.717, 1.165) is 12.8 Å². The van der Waals surface area contributed by atoms with Crippen LogP contribution in [0.4, 0.5) is 5.82 Å². The van der Waals surface area contributed by atoms with Gasteiger partial charge in [-0.2, -0.15) is 4.98 Å². The van der Waals surface area contributed by atoms with Gasteiger partial charge in [0.25, 0.3) is 5.56 Å². The smallest absolute Gasteiger partial charge is 0.294 e. The number of hydrogen-bond acceptors (Lipinski definition) is 7. The van der Waals surface area contributed by atoms with Crippen molar-refractivity contribution in [2.45, 2.75) is 33.2 Å². The lowest BCUT2D eigenvalue weighted by atomic mass is 9.98. The summed E-state index contributed by atoms with van der Waals surface area (Å²) in [4.78, 5) is 25.4.